The Morgan fingerprint density at radius 2 is 2.00 bits per heavy atom. The molecule has 19 heavy (non-hydrogen) atoms. The van der Waals surface area contributed by atoms with Crippen LogP contribution in [0.5, 0.6) is 0 Å². The maximum atomic E-state index is 12.0. The van der Waals surface area contributed by atoms with E-state index in [9.17, 15) is 4.79 Å². The highest BCUT2D eigenvalue weighted by Gasteiger charge is 2.42. The van der Waals surface area contributed by atoms with E-state index in [0.717, 1.165) is 17.5 Å². The van der Waals surface area contributed by atoms with Gasteiger partial charge in [-0.3, -0.25) is 0 Å². The van der Waals surface area contributed by atoms with Gasteiger partial charge < -0.3 is 10.6 Å². The maximum absolute atomic E-state index is 12.0. The number of para-hydroxylation sites is 1. The first-order valence-corrected chi connectivity index (χ1v) is 7.35. The van der Waals surface area contributed by atoms with Gasteiger partial charge in [-0.25, -0.2) is 4.79 Å². The summed E-state index contributed by atoms with van der Waals surface area (Å²) in [6.07, 6.45) is 5.46. The minimum Gasteiger partial charge on any atom is -0.335 e. The molecule has 2 fully saturated rings. The predicted molar refractivity (Wildman–Crippen MR) is 77.0 cm³/mol. The second-order valence-corrected chi connectivity index (χ2v) is 6.09. The van der Waals surface area contributed by atoms with Gasteiger partial charge in [0.1, 0.15) is 0 Å². The Morgan fingerprint density at radius 1 is 1.21 bits per heavy atom. The number of amides is 2. The Balaban J connectivity index is 1.52. The summed E-state index contributed by atoms with van der Waals surface area (Å²) in [4.78, 5) is 12.0. The molecule has 3 nitrogen and oxygen atoms in total. The van der Waals surface area contributed by atoms with Crippen LogP contribution >= 0.6 is 0 Å². The largest absolute Gasteiger partial charge is 0.335 e. The molecule has 102 valence electrons. The van der Waals surface area contributed by atoms with E-state index in [1.807, 2.05) is 30.3 Å². The van der Waals surface area contributed by atoms with Crippen LogP contribution in [0.1, 0.15) is 32.6 Å². The normalized spacial score (nSPS) is 30.1. The number of carbonyl (C=O) groups excluding carboxylic acids is 1. The van der Waals surface area contributed by atoms with Crippen LogP contribution in [0.15, 0.2) is 30.3 Å². The summed E-state index contributed by atoms with van der Waals surface area (Å²) < 4.78 is 0. The number of hydrogen-bond acceptors (Lipinski definition) is 1. The lowest BCUT2D eigenvalue weighted by Gasteiger charge is -2.28. The van der Waals surface area contributed by atoms with Crippen LogP contribution in [0.25, 0.3) is 0 Å². The van der Waals surface area contributed by atoms with Crippen molar-refractivity contribution in [1.29, 1.82) is 0 Å². The fourth-order valence-corrected chi connectivity index (χ4v) is 3.91. The van der Waals surface area contributed by atoms with Gasteiger partial charge >= 0.3 is 6.03 Å². The molecule has 2 aliphatic rings. The lowest BCUT2D eigenvalue weighted by atomic mass is 9.84. The van der Waals surface area contributed by atoms with E-state index in [-0.39, 0.29) is 12.1 Å². The fraction of sp³-hybridized carbons (Fsp3) is 0.562. The molecule has 2 aliphatic carbocycles. The third-order valence-corrected chi connectivity index (χ3v) is 4.83. The Kier molecular flexibility index (Phi) is 3.45. The van der Waals surface area contributed by atoms with Crippen LogP contribution in [-0.4, -0.2) is 12.1 Å². The summed E-state index contributed by atoms with van der Waals surface area (Å²) >= 11 is 0. The van der Waals surface area contributed by atoms with Crippen molar-refractivity contribution in [1.82, 2.24) is 5.32 Å². The first kappa shape index (κ1) is 12.5. The van der Waals surface area contributed by atoms with Crippen molar-refractivity contribution in [3.05, 3.63) is 30.3 Å². The number of urea groups is 1. The number of hydrogen-bond donors (Lipinski definition) is 2. The number of carbonyl (C=O) groups is 1. The molecule has 1 aromatic rings. The van der Waals surface area contributed by atoms with Crippen LogP contribution in [0.3, 0.4) is 0 Å². The molecule has 0 spiro atoms. The molecule has 2 saturated carbocycles. The van der Waals surface area contributed by atoms with Crippen molar-refractivity contribution in [2.75, 3.05) is 5.32 Å². The molecule has 3 heteroatoms. The molecular formula is C16H22N2O. The standard InChI is InChI=1S/C16H22N2O/c1-11(15-10-12-7-8-13(15)9-12)17-16(19)18-14-5-3-2-4-6-14/h2-6,11-13,15H,7-10H2,1H3,(H2,17,18,19)/t11-,12+,13+,15+/m0/s1. The van der Waals surface area contributed by atoms with Gasteiger partial charge in [0.15, 0.2) is 0 Å². The van der Waals surface area contributed by atoms with E-state index in [4.69, 9.17) is 0 Å². The second-order valence-electron chi connectivity index (χ2n) is 6.09. The minimum absolute atomic E-state index is 0.0820. The van der Waals surface area contributed by atoms with Crippen LogP contribution in [0, 0.1) is 17.8 Å². The Bertz CT molecular complexity index is 445. The highest BCUT2D eigenvalue weighted by molar-refractivity contribution is 5.89. The molecule has 0 radical (unpaired) electrons. The molecule has 0 unspecified atom stereocenters. The fourth-order valence-electron chi connectivity index (χ4n) is 3.91. The lowest BCUT2D eigenvalue weighted by Crippen LogP contribution is -2.42. The van der Waals surface area contributed by atoms with Gasteiger partial charge in [0.2, 0.25) is 0 Å². The summed E-state index contributed by atoms with van der Waals surface area (Å²) in [6, 6.07) is 9.80. The average molecular weight is 258 g/mol. The molecule has 0 aliphatic heterocycles. The van der Waals surface area contributed by atoms with E-state index in [1.54, 1.807) is 0 Å². The third-order valence-electron chi connectivity index (χ3n) is 4.83. The Labute approximate surface area is 114 Å². The number of benzene rings is 1. The van der Waals surface area contributed by atoms with Crippen molar-refractivity contribution >= 4 is 11.7 Å². The Morgan fingerprint density at radius 3 is 2.63 bits per heavy atom. The van der Waals surface area contributed by atoms with E-state index < -0.39 is 0 Å². The monoisotopic (exact) mass is 258 g/mol. The average Bonchev–Trinajstić information content (AvgIpc) is 3.02. The highest BCUT2D eigenvalue weighted by Crippen LogP contribution is 2.49. The topological polar surface area (TPSA) is 41.1 Å². The molecule has 0 saturated heterocycles. The number of anilines is 1. The van der Waals surface area contributed by atoms with Crippen LogP contribution < -0.4 is 10.6 Å². The molecular weight excluding hydrogens is 236 g/mol. The second kappa shape index (κ2) is 5.24. The summed E-state index contributed by atoms with van der Waals surface area (Å²) in [7, 11) is 0. The highest BCUT2D eigenvalue weighted by atomic mass is 16.2. The molecule has 0 heterocycles. The van der Waals surface area contributed by atoms with Crippen molar-refractivity contribution in [2.24, 2.45) is 17.8 Å². The third kappa shape index (κ3) is 2.75. The zero-order valence-corrected chi connectivity index (χ0v) is 11.4. The van der Waals surface area contributed by atoms with Gasteiger partial charge in [0.25, 0.3) is 0 Å². The molecule has 4 atom stereocenters. The van der Waals surface area contributed by atoms with E-state index in [1.165, 1.54) is 25.7 Å². The van der Waals surface area contributed by atoms with Crippen LogP contribution in [0.4, 0.5) is 10.5 Å². The first-order valence-electron chi connectivity index (χ1n) is 7.35. The predicted octanol–water partition coefficient (Wildman–Crippen LogP) is 3.63. The van der Waals surface area contributed by atoms with E-state index in [0.29, 0.717) is 5.92 Å². The minimum atomic E-state index is -0.0820. The van der Waals surface area contributed by atoms with E-state index >= 15 is 0 Å². The van der Waals surface area contributed by atoms with Gasteiger partial charge in [0.05, 0.1) is 0 Å². The summed E-state index contributed by atoms with van der Waals surface area (Å²) in [5.74, 6) is 2.45. The van der Waals surface area contributed by atoms with Gasteiger partial charge in [-0.15, -0.1) is 0 Å². The number of nitrogens with one attached hydrogen (secondary N) is 2. The van der Waals surface area contributed by atoms with Gasteiger partial charge in [-0.1, -0.05) is 24.6 Å². The SMILES string of the molecule is C[C@H](NC(=O)Nc1ccccc1)[C@H]1C[C@@H]2CC[C@@H]1C2. The molecule has 2 amide bonds. The Hall–Kier alpha value is -1.51. The summed E-state index contributed by atoms with van der Waals surface area (Å²) in [5.41, 5.74) is 0.847. The van der Waals surface area contributed by atoms with Crippen molar-refractivity contribution in [2.45, 2.75) is 38.6 Å². The van der Waals surface area contributed by atoms with Crippen molar-refractivity contribution in [3.63, 3.8) is 0 Å². The quantitative estimate of drug-likeness (QED) is 0.854. The lowest BCUT2D eigenvalue weighted by molar-refractivity contribution is 0.230. The van der Waals surface area contributed by atoms with Gasteiger partial charge in [-0.05, 0) is 56.1 Å². The van der Waals surface area contributed by atoms with E-state index in [2.05, 4.69) is 17.6 Å². The summed E-state index contributed by atoms with van der Waals surface area (Å²) in [5, 5.41) is 6.00. The maximum Gasteiger partial charge on any atom is 0.319 e. The molecule has 0 aromatic heterocycles. The van der Waals surface area contributed by atoms with Crippen molar-refractivity contribution in [3.8, 4) is 0 Å². The summed E-state index contributed by atoms with van der Waals surface area (Å²) in [6.45, 7) is 2.15. The number of fused-ring (bicyclic) bond motifs is 2. The molecule has 1 aromatic carbocycles. The zero-order valence-electron chi connectivity index (χ0n) is 11.4. The van der Waals surface area contributed by atoms with Crippen molar-refractivity contribution < 1.29 is 4.79 Å². The van der Waals surface area contributed by atoms with Gasteiger partial charge in [-0.2, -0.15) is 0 Å². The zero-order chi connectivity index (χ0) is 13.2. The number of rotatable bonds is 3. The first-order chi connectivity index (χ1) is 9.22. The van der Waals surface area contributed by atoms with Crippen LogP contribution in [-0.2, 0) is 0 Å². The molecule has 2 N–H and O–H groups in total. The van der Waals surface area contributed by atoms with Crippen LogP contribution in [0.2, 0.25) is 0 Å². The molecule has 2 bridgehead atoms. The van der Waals surface area contributed by atoms with Gasteiger partial charge in [0, 0.05) is 11.7 Å². The smallest absolute Gasteiger partial charge is 0.319 e. The molecule has 3 rings (SSSR count).